The van der Waals surface area contributed by atoms with E-state index in [1.54, 1.807) is 12.1 Å². The van der Waals surface area contributed by atoms with Gasteiger partial charge in [-0.2, -0.15) is 0 Å². The number of nitrogens with two attached hydrogens (primary N) is 1. The molecule has 1 aromatic rings. The number of hydrogen-bond acceptors (Lipinski definition) is 3. The van der Waals surface area contributed by atoms with E-state index in [0.717, 1.165) is 5.75 Å². The molecule has 4 heteroatoms. The van der Waals surface area contributed by atoms with Crippen molar-refractivity contribution < 1.29 is 9.57 Å². The zero-order valence-corrected chi connectivity index (χ0v) is 7.25. The minimum atomic E-state index is 0.368. The third-order valence-corrected chi connectivity index (χ3v) is 1.50. The first-order valence-corrected chi connectivity index (χ1v) is 3.91. The van der Waals surface area contributed by atoms with Crippen molar-refractivity contribution in [2.45, 2.75) is 0 Å². The molecule has 0 spiro atoms. The Morgan fingerprint density at radius 2 is 2.17 bits per heavy atom. The summed E-state index contributed by atoms with van der Waals surface area (Å²) in [5.41, 5.74) is 0. The summed E-state index contributed by atoms with van der Waals surface area (Å²) >= 11 is 5.72. The molecular formula is C8H10ClNO2. The van der Waals surface area contributed by atoms with Gasteiger partial charge >= 0.3 is 0 Å². The summed E-state index contributed by atoms with van der Waals surface area (Å²) < 4.78 is 5.24. The van der Waals surface area contributed by atoms with Crippen molar-refractivity contribution in [1.29, 1.82) is 0 Å². The molecule has 0 bridgehead atoms. The molecule has 0 aliphatic heterocycles. The monoisotopic (exact) mass is 187 g/mol. The lowest BCUT2D eigenvalue weighted by Gasteiger charge is -2.04. The second-order valence-electron chi connectivity index (χ2n) is 2.18. The molecule has 12 heavy (non-hydrogen) atoms. The van der Waals surface area contributed by atoms with Crippen LogP contribution in [0, 0.1) is 0 Å². The zero-order chi connectivity index (χ0) is 8.81. The molecule has 66 valence electrons. The van der Waals surface area contributed by atoms with Crippen LogP contribution in [0.2, 0.25) is 5.02 Å². The predicted molar refractivity (Wildman–Crippen MR) is 47.1 cm³/mol. The lowest BCUT2D eigenvalue weighted by Crippen LogP contribution is -2.09. The molecule has 3 nitrogen and oxygen atoms in total. The van der Waals surface area contributed by atoms with E-state index in [4.69, 9.17) is 22.2 Å². The number of rotatable bonds is 4. The standard InChI is InChI=1S/C8H10ClNO2/c9-7-2-1-3-8(6-7)11-4-5-12-10/h1-3,6H,4-5,10H2. The molecule has 0 unspecified atom stereocenters. The molecule has 0 aromatic heterocycles. The average Bonchev–Trinajstić information content (AvgIpc) is 2.05. The average molecular weight is 188 g/mol. The summed E-state index contributed by atoms with van der Waals surface area (Å²) in [6.07, 6.45) is 0. The Bertz CT molecular complexity index is 242. The third-order valence-electron chi connectivity index (χ3n) is 1.27. The number of benzene rings is 1. The van der Waals surface area contributed by atoms with Crippen molar-refractivity contribution in [2.24, 2.45) is 5.90 Å². The van der Waals surface area contributed by atoms with Crippen molar-refractivity contribution in [3.05, 3.63) is 29.3 Å². The van der Waals surface area contributed by atoms with E-state index in [2.05, 4.69) is 4.84 Å². The highest BCUT2D eigenvalue weighted by Crippen LogP contribution is 2.16. The fraction of sp³-hybridized carbons (Fsp3) is 0.250. The van der Waals surface area contributed by atoms with Crippen LogP contribution in [0.1, 0.15) is 0 Å². The van der Waals surface area contributed by atoms with E-state index in [-0.39, 0.29) is 0 Å². The molecule has 0 saturated heterocycles. The van der Waals surface area contributed by atoms with Crippen LogP contribution in [-0.2, 0) is 4.84 Å². The molecule has 1 rings (SSSR count). The van der Waals surface area contributed by atoms with Gasteiger partial charge < -0.3 is 9.57 Å². The summed E-state index contributed by atoms with van der Waals surface area (Å²) in [6, 6.07) is 7.16. The number of ether oxygens (including phenoxy) is 1. The molecule has 1 aromatic carbocycles. The molecule has 0 aliphatic rings. The minimum absolute atomic E-state index is 0.368. The second-order valence-corrected chi connectivity index (χ2v) is 2.61. The van der Waals surface area contributed by atoms with Gasteiger partial charge in [0.1, 0.15) is 19.0 Å². The third kappa shape index (κ3) is 3.09. The van der Waals surface area contributed by atoms with Gasteiger partial charge in [-0.3, -0.25) is 0 Å². The molecule has 0 saturated carbocycles. The molecule has 0 radical (unpaired) electrons. The maximum Gasteiger partial charge on any atom is 0.120 e. The van der Waals surface area contributed by atoms with E-state index in [1.165, 1.54) is 0 Å². The maximum absolute atomic E-state index is 5.72. The lowest BCUT2D eigenvalue weighted by molar-refractivity contribution is 0.102. The highest BCUT2D eigenvalue weighted by Gasteiger charge is 1.93. The van der Waals surface area contributed by atoms with Crippen LogP contribution in [0.5, 0.6) is 5.75 Å². The number of halogens is 1. The van der Waals surface area contributed by atoms with Crippen LogP contribution in [0.3, 0.4) is 0 Å². The second kappa shape index (κ2) is 4.98. The minimum Gasteiger partial charge on any atom is -0.491 e. The van der Waals surface area contributed by atoms with Gasteiger partial charge in [0.2, 0.25) is 0 Å². The molecule has 2 N–H and O–H groups in total. The van der Waals surface area contributed by atoms with Gasteiger partial charge in [0.15, 0.2) is 0 Å². The Labute approximate surface area is 76.0 Å². The smallest absolute Gasteiger partial charge is 0.120 e. The fourth-order valence-corrected chi connectivity index (χ4v) is 0.945. The summed E-state index contributed by atoms with van der Waals surface area (Å²) in [5, 5.41) is 0.654. The molecule has 0 atom stereocenters. The summed E-state index contributed by atoms with van der Waals surface area (Å²) in [4.78, 5) is 4.34. The van der Waals surface area contributed by atoms with Crippen molar-refractivity contribution >= 4 is 11.6 Å². The van der Waals surface area contributed by atoms with Crippen molar-refractivity contribution in [2.75, 3.05) is 13.2 Å². The van der Waals surface area contributed by atoms with Crippen LogP contribution in [0.15, 0.2) is 24.3 Å². The van der Waals surface area contributed by atoms with E-state index in [1.807, 2.05) is 12.1 Å². The zero-order valence-electron chi connectivity index (χ0n) is 6.50. The Hall–Kier alpha value is -0.770. The van der Waals surface area contributed by atoms with Gasteiger partial charge in [-0.25, -0.2) is 5.90 Å². The lowest BCUT2D eigenvalue weighted by atomic mass is 10.3. The highest BCUT2D eigenvalue weighted by atomic mass is 35.5. The Balaban J connectivity index is 2.41. The molecule has 0 amide bonds. The Morgan fingerprint density at radius 3 is 2.83 bits per heavy atom. The van der Waals surface area contributed by atoms with Crippen molar-refractivity contribution in [3.63, 3.8) is 0 Å². The molecule has 0 fully saturated rings. The van der Waals surface area contributed by atoms with Crippen LogP contribution < -0.4 is 10.6 Å². The Kier molecular flexibility index (Phi) is 3.87. The van der Waals surface area contributed by atoms with Crippen LogP contribution in [0.25, 0.3) is 0 Å². The fourth-order valence-electron chi connectivity index (χ4n) is 0.764. The van der Waals surface area contributed by atoms with E-state index >= 15 is 0 Å². The number of hydrogen-bond donors (Lipinski definition) is 1. The molecular weight excluding hydrogens is 178 g/mol. The first kappa shape index (κ1) is 9.32. The van der Waals surface area contributed by atoms with Gasteiger partial charge in [-0.05, 0) is 18.2 Å². The topological polar surface area (TPSA) is 44.5 Å². The van der Waals surface area contributed by atoms with E-state index < -0.39 is 0 Å². The molecule has 0 aliphatic carbocycles. The van der Waals surface area contributed by atoms with Crippen molar-refractivity contribution in [3.8, 4) is 5.75 Å². The van der Waals surface area contributed by atoms with Gasteiger partial charge in [-0.15, -0.1) is 0 Å². The first-order chi connectivity index (χ1) is 5.83. The Morgan fingerprint density at radius 1 is 1.33 bits per heavy atom. The SMILES string of the molecule is NOCCOc1cccc(Cl)c1. The van der Waals surface area contributed by atoms with E-state index in [0.29, 0.717) is 18.2 Å². The van der Waals surface area contributed by atoms with Crippen LogP contribution in [-0.4, -0.2) is 13.2 Å². The van der Waals surface area contributed by atoms with Gasteiger partial charge in [0.25, 0.3) is 0 Å². The predicted octanol–water partition coefficient (Wildman–Crippen LogP) is 1.61. The molecule has 0 heterocycles. The van der Waals surface area contributed by atoms with Crippen molar-refractivity contribution in [1.82, 2.24) is 0 Å². The summed E-state index contributed by atoms with van der Waals surface area (Å²) in [7, 11) is 0. The summed E-state index contributed by atoms with van der Waals surface area (Å²) in [6.45, 7) is 0.795. The highest BCUT2D eigenvalue weighted by molar-refractivity contribution is 6.30. The van der Waals surface area contributed by atoms with Gasteiger partial charge in [0, 0.05) is 5.02 Å². The van der Waals surface area contributed by atoms with Gasteiger partial charge in [-0.1, -0.05) is 17.7 Å². The largest absolute Gasteiger partial charge is 0.491 e. The quantitative estimate of drug-likeness (QED) is 0.576. The normalized spacial score (nSPS) is 9.83. The van der Waals surface area contributed by atoms with Gasteiger partial charge in [0.05, 0.1) is 0 Å². The van der Waals surface area contributed by atoms with E-state index in [9.17, 15) is 0 Å². The van der Waals surface area contributed by atoms with Crippen LogP contribution in [0.4, 0.5) is 0 Å². The first-order valence-electron chi connectivity index (χ1n) is 3.53. The maximum atomic E-state index is 5.72. The van der Waals surface area contributed by atoms with Crippen LogP contribution >= 0.6 is 11.6 Å². The summed E-state index contributed by atoms with van der Waals surface area (Å²) in [5.74, 6) is 5.54.